The molecule has 0 N–H and O–H groups in total. The topological polar surface area (TPSA) is 15.7 Å². The van der Waals surface area contributed by atoms with Gasteiger partial charge in [-0.05, 0) is 12.7 Å². The Bertz CT molecular complexity index is 124. The number of ether oxygens (including phenoxy) is 1. The van der Waals surface area contributed by atoms with Gasteiger partial charge >= 0.3 is 0 Å². The zero-order valence-electron chi connectivity index (χ0n) is 8.66. The smallest absolute Gasteiger partial charge is 0.0474 e. The van der Waals surface area contributed by atoms with E-state index < -0.39 is 0 Å². The van der Waals surface area contributed by atoms with Gasteiger partial charge in [-0.15, -0.1) is 0 Å². The Balaban J connectivity index is 2.03. The van der Waals surface area contributed by atoms with Gasteiger partial charge in [0.15, 0.2) is 0 Å². The lowest BCUT2D eigenvalue weighted by Crippen LogP contribution is -2.43. The van der Waals surface area contributed by atoms with Gasteiger partial charge < -0.3 is 9.64 Å². The molecule has 0 aromatic carbocycles. The van der Waals surface area contributed by atoms with Crippen molar-refractivity contribution in [2.75, 3.05) is 52.7 Å². The molecule has 0 spiro atoms. The number of rotatable bonds is 5. The van der Waals surface area contributed by atoms with Crippen molar-refractivity contribution >= 4 is 11.9 Å². The van der Waals surface area contributed by atoms with Gasteiger partial charge in [0.25, 0.3) is 0 Å². The fraction of sp³-hybridized carbons (Fsp3) is 1.00. The van der Waals surface area contributed by atoms with Crippen molar-refractivity contribution in [2.24, 2.45) is 0 Å². The Morgan fingerprint density at radius 3 is 2.46 bits per heavy atom. The predicted molar refractivity (Wildman–Crippen MR) is 58.0 cm³/mol. The molecular formula is C9H20N2OS. The highest BCUT2D eigenvalue weighted by atomic mass is 32.2. The maximum atomic E-state index is 5.03. The van der Waals surface area contributed by atoms with Crippen LogP contribution in [0, 0.1) is 0 Å². The molecule has 0 radical (unpaired) electrons. The van der Waals surface area contributed by atoms with Crippen LogP contribution in [0.5, 0.6) is 0 Å². The minimum absolute atomic E-state index is 0.892. The van der Waals surface area contributed by atoms with E-state index in [1.807, 2.05) is 11.9 Å². The summed E-state index contributed by atoms with van der Waals surface area (Å²) in [4.78, 5) is 2.52. The first-order chi connectivity index (χ1) is 6.36. The van der Waals surface area contributed by atoms with Gasteiger partial charge in [0.1, 0.15) is 0 Å². The molecule has 0 aromatic heterocycles. The Labute approximate surface area is 85.5 Å². The summed E-state index contributed by atoms with van der Waals surface area (Å²) >= 11 is 1.86. The average molecular weight is 204 g/mol. The van der Waals surface area contributed by atoms with Crippen molar-refractivity contribution in [3.8, 4) is 0 Å². The highest BCUT2D eigenvalue weighted by molar-refractivity contribution is 7.96. The summed E-state index contributed by atoms with van der Waals surface area (Å²) in [5.74, 6) is 0. The lowest BCUT2D eigenvalue weighted by atomic mass is 10.3. The van der Waals surface area contributed by atoms with Crippen LogP contribution in [-0.4, -0.2) is 61.9 Å². The lowest BCUT2D eigenvalue weighted by Gasteiger charge is -2.33. The van der Waals surface area contributed by atoms with Crippen LogP contribution in [0.15, 0.2) is 0 Å². The summed E-state index contributed by atoms with van der Waals surface area (Å²) in [5, 5.41) is 0. The van der Waals surface area contributed by atoms with E-state index in [4.69, 9.17) is 4.74 Å². The van der Waals surface area contributed by atoms with E-state index in [2.05, 4.69) is 15.5 Å². The molecule has 1 aliphatic rings. The summed E-state index contributed by atoms with van der Waals surface area (Å²) in [6.07, 6.45) is 3.32. The van der Waals surface area contributed by atoms with Crippen LogP contribution >= 0.6 is 11.9 Å². The third-order valence-corrected chi connectivity index (χ3v) is 3.29. The predicted octanol–water partition coefficient (Wildman–Crippen LogP) is 0.919. The number of methoxy groups -OCH3 is 1. The Hall–Kier alpha value is 0.230. The largest absolute Gasteiger partial charge is 0.385 e. The first-order valence-electron chi connectivity index (χ1n) is 4.87. The van der Waals surface area contributed by atoms with Crippen molar-refractivity contribution in [1.29, 1.82) is 0 Å². The van der Waals surface area contributed by atoms with Gasteiger partial charge in [0.2, 0.25) is 0 Å². The number of piperazine rings is 1. The molecule has 4 heteroatoms. The Morgan fingerprint density at radius 2 is 1.92 bits per heavy atom. The van der Waals surface area contributed by atoms with Crippen LogP contribution < -0.4 is 0 Å². The monoisotopic (exact) mass is 204 g/mol. The van der Waals surface area contributed by atoms with E-state index in [-0.39, 0.29) is 0 Å². The van der Waals surface area contributed by atoms with Crippen LogP contribution in [0.3, 0.4) is 0 Å². The van der Waals surface area contributed by atoms with E-state index in [0.717, 1.165) is 13.0 Å². The van der Waals surface area contributed by atoms with E-state index in [1.165, 1.54) is 32.7 Å². The highest BCUT2D eigenvalue weighted by Crippen LogP contribution is 2.09. The highest BCUT2D eigenvalue weighted by Gasteiger charge is 2.14. The van der Waals surface area contributed by atoms with Crippen molar-refractivity contribution < 1.29 is 4.74 Å². The molecule has 0 bridgehead atoms. The van der Waals surface area contributed by atoms with Crippen molar-refractivity contribution in [3.05, 3.63) is 0 Å². The maximum Gasteiger partial charge on any atom is 0.0474 e. The summed E-state index contributed by atoms with van der Waals surface area (Å²) in [7, 11) is 1.77. The maximum absolute atomic E-state index is 5.03. The lowest BCUT2D eigenvalue weighted by molar-refractivity contribution is 0.152. The normalized spacial score (nSPS) is 20.8. The van der Waals surface area contributed by atoms with Gasteiger partial charge in [0, 0.05) is 46.4 Å². The van der Waals surface area contributed by atoms with Gasteiger partial charge in [-0.3, -0.25) is 0 Å². The first-order valence-corrected chi connectivity index (χ1v) is 6.05. The van der Waals surface area contributed by atoms with Gasteiger partial charge in [-0.25, -0.2) is 4.31 Å². The van der Waals surface area contributed by atoms with Gasteiger partial charge in [-0.1, -0.05) is 11.9 Å². The Morgan fingerprint density at radius 1 is 1.23 bits per heavy atom. The van der Waals surface area contributed by atoms with E-state index >= 15 is 0 Å². The van der Waals surface area contributed by atoms with Crippen LogP contribution in [-0.2, 0) is 4.74 Å². The molecule has 0 saturated carbocycles. The van der Waals surface area contributed by atoms with Gasteiger partial charge in [-0.2, -0.15) is 0 Å². The van der Waals surface area contributed by atoms with Gasteiger partial charge in [0.05, 0.1) is 0 Å². The van der Waals surface area contributed by atoms with Crippen molar-refractivity contribution in [1.82, 2.24) is 9.21 Å². The quantitative estimate of drug-likeness (QED) is 0.488. The van der Waals surface area contributed by atoms with Crippen LogP contribution in [0.4, 0.5) is 0 Å². The first kappa shape index (κ1) is 11.3. The molecule has 1 rings (SSSR count). The molecule has 0 aromatic rings. The zero-order valence-corrected chi connectivity index (χ0v) is 9.48. The third kappa shape index (κ3) is 4.31. The van der Waals surface area contributed by atoms with E-state index in [1.54, 1.807) is 7.11 Å². The second-order valence-corrected chi connectivity index (χ2v) is 4.18. The molecule has 1 aliphatic heterocycles. The van der Waals surface area contributed by atoms with Crippen LogP contribution in [0.25, 0.3) is 0 Å². The number of nitrogens with zero attached hydrogens (tertiary/aromatic N) is 2. The molecule has 0 aliphatic carbocycles. The Kier molecular flexibility index (Phi) is 5.78. The van der Waals surface area contributed by atoms with Crippen LogP contribution in [0.2, 0.25) is 0 Å². The summed E-state index contributed by atoms with van der Waals surface area (Å²) < 4.78 is 7.46. The summed E-state index contributed by atoms with van der Waals surface area (Å²) in [5.41, 5.74) is 0. The summed E-state index contributed by atoms with van der Waals surface area (Å²) in [6.45, 7) is 6.91. The average Bonchev–Trinajstić information content (AvgIpc) is 2.19. The van der Waals surface area contributed by atoms with Crippen LogP contribution in [0.1, 0.15) is 6.42 Å². The molecular weight excluding hydrogens is 184 g/mol. The van der Waals surface area contributed by atoms with Crippen molar-refractivity contribution in [3.63, 3.8) is 0 Å². The molecule has 3 nitrogen and oxygen atoms in total. The second kappa shape index (κ2) is 6.65. The minimum Gasteiger partial charge on any atom is -0.385 e. The molecule has 13 heavy (non-hydrogen) atoms. The standard InChI is InChI=1S/C9H20N2OS/c1-12-9-3-4-10-5-7-11(13-2)8-6-10/h3-9H2,1-2H3. The molecule has 0 amide bonds. The molecule has 0 unspecified atom stereocenters. The fourth-order valence-electron chi connectivity index (χ4n) is 1.57. The number of hydrogen-bond donors (Lipinski definition) is 0. The number of hydrogen-bond acceptors (Lipinski definition) is 4. The van der Waals surface area contributed by atoms with E-state index in [0.29, 0.717) is 0 Å². The van der Waals surface area contributed by atoms with Crippen molar-refractivity contribution in [2.45, 2.75) is 6.42 Å². The molecule has 1 fully saturated rings. The minimum atomic E-state index is 0.892. The zero-order chi connectivity index (χ0) is 9.52. The second-order valence-electron chi connectivity index (χ2n) is 3.30. The molecule has 1 heterocycles. The van der Waals surface area contributed by atoms with E-state index in [9.17, 15) is 0 Å². The summed E-state index contributed by atoms with van der Waals surface area (Å²) in [6, 6.07) is 0. The molecule has 78 valence electrons. The molecule has 1 saturated heterocycles. The molecule has 0 atom stereocenters. The SMILES string of the molecule is COCCCN1CCN(SC)CC1. The third-order valence-electron chi connectivity index (χ3n) is 2.41. The fourth-order valence-corrected chi connectivity index (χ4v) is 2.10.